The van der Waals surface area contributed by atoms with Gasteiger partial charge in [-0.3, -0.25) is 10.1 Å². The van der Waals surface area contributed by atoms with E-state index in [1.165, 1.54) is 12.8 Å². The van der Waals surface area contributed by atoms with Crippen LogP contribution in [0.3, 0.4) is 0 Å². The Bertz CT molecular complexity index is 400. The van der Waals surface area contributed by atoms with Crippen LogP contribution in [0.1, 0.15) is 25.3 Å². The van der Waals surface area contributed by atoms with Gasteiger partial charge in [-0.1, -0.05) is 13.0 Å². The molecule has 0 saturated heterocycles. The summed E-state index contributed by atoms with van der Waals surface area (Å²) in [4.78, 5) is 10.6. The Hall–Kier alpha value is -1.58. The molecule has 0 heterocycles. The monoisotopic (exact) mass is 220 g/mol. The zero-order chi connectivity index (χ0) is 11.5. The summed E-state index contributed by atoms with van der Waals surface area (Å²) in [6.45, 7) is 2.85. The third-order valence-corrected chi connectivity index (χ3v) is 2.95. The number of nitro groups is 1. The Balaban J connectivity index is 2.16. The molecular weight excluding hydrogens is 204 g/mol. The van der Waals surface area contributed by atoms with Gasteiger partial charge in [-0.15, -0.1) is 0 Å². The third-order valence-electron chi connectivity index (χ3n) is 2.95. The van der Waals surface area contributed by atoms with Crippen LogP contribution in [-0.2, 0) is 6.42 Å². The van der Waals surface area contributed by atoms with Crippen molar-refractivity contribution in [3.8, 4) is 0 Å². The number of anilines is 1. The van der Waals surface area contributed by atoms with Crippen LogP contribution in [0.15, 0.2) is 18.2 Å². The normalized spacial score (nSPS) is 14.8. The van der Waals surface area contributed by atoms with Gasteiger partial charge in [0.15, 0.2) is 0 Å². The van der Waals surface area contributed by atoms with E-state index >= 15 is 0 Å². The highest BCUT2D eigenvalue weighted by Gasteiger charge is 2.22. The van der Waals surface area contributed by atoms with Crippen molar-refractivity contribution in [1.29, 1.82) is 0 Å². The van der Waals surface area contributed by atoms with Crippen molar-refractivity contribution >= 4 is 11.4 Å². The van der Waals surface area contributed by atoms with Crippen LogP contribution in [0.25, 0.3) is 0 Å². The van der Waals surface area contributed by atoms with E-state index < -0.39 is 0 Å². The van der Waals surface area contributed by atoms with E-state index in [9.17, 15) is 10.1 Å². The molecule has 0 aliphatic heterocycles. The van der Waals surface area contributed by atoms with Crippen LogP contribution >= 0.6 is 0 Å². The van der Waals surface area contributed by atoms with E-state index in [1.807, 2.05) is 19.1 Å². The number of nitrogens with zero attached hydrogens (tertiary/aromatic N) is 1. The van der Waals surface area contributed by atoms with Gasteiger partial charge in [-0.2, -0.15) is 0 Å². The molecule has 16 heavy (non-hydrogen) atoms. The summed E-state index contributed by atoms with van der Waals surface area (Å²) >= 11 is 0. The average Bonchev–Trinajstić information content (AvgIpc) is 3.09. The molecule has 1 fully saturated rings. The molecular formula is C12H16N2O2. The number of hydrogen-bond donors (Lipinski definition) is 1. The average molecular weight is 220 g/mol. The van der Waals surface area contributed by atoms with Crippen molar-refractivity contribution < 1.29 is 4.92 Å². The van der Waals surface area contributed by atoms with E-state index in [1.54, 1.807) is 6.07 Å². The van der Waals surface area contributed by atoms with Crippen LogP contribution in [0.5, 0.6) is 0 Å². The van der Waals surface area contributed by atoms with Gasteiger partial charge in [0.25, 0.3) is 5.69 Å². The summed E-state index contributed by atoms with van der Waals surface area (Å²) in [6, 6.07) is 5.43. The molecule has 4 heteroatoms. The summed E-state index contributed by atoms with van der Waals surface area (Å²) in [6.07, 6.45) is 3.31. The number of nitro benzene ring substituents is 1. The molecule has 0 unspecified atom stereocenters. The predicted octanol–water partition coefficient (Wildman–Crippen LogP) is 2.98. The van der Waals surface area contributed by atoms with Gasteiger partial charge >= 0.3 is 0 Å². The van der Waals surface area contributed by atoms with Crippen LogP contribution in [0, 0.1) is 16.0 Å². The van der Waals surface area contributed by atoms with Crippen LogP contribution < -0.4 is 5.32 Å². The number of aryl methyl sites for hydroxylation is 1. The van der Waals surface area contributed by atoms with Gasteiger partial charge in [-0.25, -0.2) is 0 Å². The fraction of sp³-hybridized carbons (Fsp3) is 0.500. The van der Waals surface area contributed by atoms with Crippen molar-refractivity contribution in [2.45, 2.75) is 26.2 Å². The molecule has 0 atom stereocenters. The molecule has 2 rings (SSSR count). The molecule has 0 amide bonds. The number of benzene rings is 1. The predicted molar refractivity (Wildman–Crippen MR) is 63.7 cm³/mol. The van der Waals surface area contributed by atoms with Crippen molar-refractivity contribution in [3.05, 3.63) is 33.9 Å². The molecule has 1 saturated carbocycles. The topological polar surface area (TPSA) is 55.2 Å². The van der Waals surface area contributed by atoms with Gasteiger partial charge in [0, 0.05) is 12.6 Å². The maximum Gasteiger partial charge on any atom is 0.292 e. The lowest BCUT2D eigenvalue weighted by molar-refractivity contribution is -0.384. The van der Waals surface area contributed by atoms with E-state index in [2.05, 4.69) is 5.32 Å². The van der Waals surface area contributed by atoms with Gasteiger partial charge in [0.05, 0.1) is 4.92 Å². The smallest absolute Gasteiger partial charge is 0.292 e. The highest BCUT2D eigenvalue weighted by atomic mass is 16.6. The second kappa shape index (κ2) is 4.51. The second-order valence-corrected chi connectivity index (χ2v) is 4.29. The van der Waals surface area contributed by atoms with Crippen LogP contribution in [0.2, 0.25) is 0 Å². The number of hydrogen-bond acceptors (Lipinski definition) is 3. The Morgan fingerprint density at radius 1 is 1.50 bits per heavy atom. The number of nitrogens with one attached hydrogen (secondary N) is 1. The first kappa shape index (κ1) is 10.9. The number of rotatable bonds is 5. The minimum absolute atomic E-state index is 0.194. The Kier molecular flexibility index (Phi) is 3.08. The van der Waals surface area contributed by atoms with E-state index in [0.29, 0.717) is 11.6 Å². The maximum atomic E-state index is 10.9. The molecule has 1 aromatic carbocycles. The van der Waals surface area contributed by atoms with E-state index in [4.69, 9.17) is 0 Å². The Labute approximate surface area is 94.8 Å². The summed E-state index contributed by atoms with van der Waals surface area (Å²) in [5, 5.41) is 14.1. The van der Waals surface area contributed by atoms with Crippen molar-refractivity contribution in [1.82, 2.24) is 0 Å². The minimum Gasteiger partial charge on any atom is -0.379 e. The quantitative estimate of drug-likeness (QED) is 0.613. The van der Waals surface area contributed by atoms with Crippen LogP contribution in [0.4, 0.5) is 11.4 Å². The van der Waals surface area contributed by atoms with Crippen molar-refractivity contribution in [2.75, 3.05) is 11.9 Å². The molecule has 1 N–H and O–H groups in total. The molecule has 0 bridgehead atoms. The molecule has 0 spiro atoms. The second-order valence-electron chi connectivity index (χ2n) is 4.29. The SMILES string of the molecule is CCc1ccc(NCC2CC2)c([N+](=O)[O-])c1. The molecule has 1 aromatic rings. The lowest BCUT2D eigenvalue weighted by Crippen LogP contribution is -2.06. The minimum atomic E-state index is -0.311. The van der Waals surface area contributed by atoms with Crippen molar-refractivity contribution in [3.63, 3.8) is 0 Å². The van der Waals surface area contributed by atoms with E-state index in [-0.39, 0.29) is 10.6 Å². The Morgan fingerprint density at radius 2 is 2.25 bits per heavy atom. The maximum absolute atomic E-state index is 10.9. The molecule has 1 aliphatic rings. The van der Waals surface area contributed by atoms with Gasteiger partial charge < -0.3 is 5.32 Å². The first-order chi connectivity index (χ1) is 7.70. The third kappa shape index (κ3) is 2.51. The molecule has 0 aromatic heterocycles. The molecule has 86 valence electrons. The lowest BCUT2D eigenvalue weighted by Gasteiger charge is -2.07. The van der Waals surface area contributed by atoms with Crippen molar-refractivity contribution in [2.24, 2.45) is 5.92 Å². The fourth-order valence-electron chi connectivity index (χ4n) is 1.67. The van der Waals surface area contributed by atoms with Gasteiger partial charge in [0.2, 0.25) is 0 Å². The molecule has 0 radical (unpaired) electrons. The zero-order valence-corrected chi connectivity index (χ0v) is 9.40. The summed E-state index contributed by atoms with van der Waals surface area (Å²) in [7, 11) is 0. The first-order valence-corrected chi connectivity index (χ1v) is 5.72. The highest BCUT2D eigenvalue weighted by molar-refractivity contribution is 5.62. The fourth-order valence-corrected chi connectivity index (χ4v) is 1.67. The summed E-state index contributed by atoms with van der Waals surface area (Å²) in [5.74, 6) is 0.713. The van der Waals surface area contributed by atoms with E-state index in [0.717, 1.165) is 18.5 Å². The van der Waals surface area contributed by atoms with Crippen LogP contribution in [-0.4, -0.2) is 11.5 Å². The highest BCUT2D eigenvalue weighted by Crippen LogP contribution is 2.31. The van der Waals surface area contributed by atoms with Gasteiger partial charge in [0.1, 0.15) is 5.69 Å². The molecule has 4 nitrogen and oxygen atoms in total. The summed E-state index contributed by atoms with van der Waals surface area (Å²) < 4.78 is 0. The molecule has 1 aliphatic carbocycles. The standard InChI is InChI=1S/C12H16N2O2/c1-2-9-5-6-11(12(7-9)14(15)16)13-8-10-3-4-10/h5-7,10,13H,2-4,8H2,1H3. The Morgan fingerprint density at radius 3 is 2.81 bits per heavy atom. The summed E-state index contributed by atoms with van der Waals surface area (Å²) in [5.41, 5.74) is 1.85. The van der Waals surface area contributed by atoms with Gasteiger partial charge in [-0.05, 0) is 36.8 Å². The largest absolute Gasteiger partial charge is 0.379 e. The zero-order valence-electron chi connectivity index (χ0n) is 9.40. The lowest BCUT2D eigenvalue weighted by atomic mass is 10.1. The first-order valence-electron chi connectivity index (χ1n) is 5.72.